The van der Waals surface area contributed by atoms with E-state index >= 15 is 0 Å². The number of benzene rings is 2. The maximum absolute atomic E-state index is 12.2. The molecule has 1 N–H and O–H groups in total. The van der Waals surface area contributed by atoms with E-state index in [-0.39, 0.29) is 35.7 Å². The highest BCUT2D eigenvalue weighted by Gasteiger charge is 2.18. The average molecular weight is 390 g/mol. The summed E-state index contributed by atoms with van der Waals surface area (Å²) in [6.07, 6.45) is 0. The smallest absolute Gasteiger partial charge is 0.311 e. The van der Waals surface area contributed by atoms with Gasteiger partial charge in [-0.3, -0.25) is 14.9 Å². The lowest BCUT2D eigenvalue weighted by atomic mass is 10.1. The van der Waals surface area contributed by atoms with Crippen molar-refractivity contribution in [2.24, 2.45) is 0 Å². The van der Waals surface area contributed by atoms with E-state index < -0.39 is 4.92 Å². The Morgan fingerprint density at radius 2 is 1.71 bits per heavy atom. The maximum atomic E-state index is 12.2. The molecule has 0 heterocycles. The lowest BCUT2D eigenvalue weighted by Crippen LogP contribution is -2.31. The van der Waals surface area contributed by atoms with Gasteiger partial charge in [-0.15, -0.1) is 0 Å². The van der Waals surface area contributed by atoms with E-state index in [1.807, 2.05) is 6.92 Å². The number of amides is 1. The van der Waals surface area contributed by atoms with E-state index in [0.29, 0.717) is 11.5 Å². The molecule has 1 amide bonds. The minimum atomic E-state index is -0.557. The van der Waals surface area contributed by atoms with Gasteiger partial charge in [0.05, 0.1) is 32.3 Å². The van der Waals surface area contributed by atoms with Gasteiger partial charge in [0.15, 0.2) is 6.61 Å². The molecule has 0 radical (unpaired) electrons. The Hall–Kier alpha value is -3.49. The Morgan fingerprint density at radius 1 is 1.04 bits per heavy atom. The summed E-state index contributed by atoms with van der Waals surface area (Å²) in [5.74, 6) is 1.23. The first-order chi connectivity index (χ1) is 13.4. The number of nitrogens with zero attached hydrogens (tertiary/aromatic N) is 1. The molecule has 0 spiro atoms. The van der Waals surface area contributed by atoms with Crippen LogP contribution in [0.1, 0.15) is 18.5 Å². The third kappa shape index (κ3) is 5.03. The number of carbonyl (C=O) groups excluding carboxylic acids is 1. The van der Waals surface area contributed by atoms with E-state index in [1.54, 1.807) is 32.4 Å². The normalized spacial score (nSPS) is 11.3. The highest BCUT2D eigenvalue weighted by Crippen LogP contribution is 2.31. The van der Waals surface area contributed by atoms with Gasteiger partial charge < -0.3 is 24.3 Å². The Morgan fingerprint density at radius 3 is 2.32 bits per heavy atom. The van der Waals surface area contributed by atoms with Crippen LogP contribution >= 0.6 is 0 Å². The molecule has 0 aliphatic heterocycles. The molecule has 2 aromatic rings. The van der Waals surface area contributed by atoms with E-state index in [2.05, 4.69) is 5.32 Å². The molecule has 1 atom stereocenters. The number of ether oxygens (including phenoxy) is 4. The number of carbonyl (C=O) groups is 1. The lowest BCUT2D eigenvalue weighted by molar-refractivity contribution is -0.385. The standard InChI is InChI=1S/C19H22N2O7/c1-12(15-9-13(25-2)6-8-17(15)26-3)20-19(22)11-28-14-5-7-16(21(23)24)18(10-14)27-4/h5-10,12H,11H2,1-4H3,(H,20,22). The fourth-order valence-electron chi connectivity index (χ4n) is 2.59. The van der Waals surface area contributed by atoms with Crippen molar-refractivity contribution in [3.63, 3.8) is 0 Å². The van der Waals surface area contributed by atoms with Crippen molar-refractivity contribution in [2.75, 3.05) is 27.9 Å². The SMILES string of the molecule is COc1ccc(OC)c(C(C)NC(=O)COc2ccc([N+](=O)[O-])c(OC)c2)c1. The molecule has 2 aromatic carbocycles. The maximum Gasteiger partial charge on any atom is 0.311 e. The molecule has 9 heteroatoms. The molecule has 2 rings (SSSR count). The second kappa shape index (κ2) is 9.45. The predicted molar refractivity (Wildman–Crippen MR) is 101 cm³/mol. The zero-order valence-electron chi connectivity index (χ0n) is 16.1. The third-order valence-electron chi connectivity index (χ3n) is 4.00. The van der Waals surface area contributed by atoms with Crippen LogP contribution in [0, 0.1) is 10.1 Å². The Kier molecular flexibility index (Phi) is 7.02. The fourth-order valence-corrected chi connectivity index (χ4v) is 2.59. The number of methoxy groups -OCH3 is 3. The molecule has 0 aromatic heterocycles. The molecule has 150 valence electrons. The third-order valence-corrected chi connectivity index (χ3v) is 4.00. The second-order valence-electron chi connectivity index (χ2n) is 5.78. The summed E-state index contributed by atoms with van der Waals surface area (Å²) in [4.78, 5) is 22.6. The van der Waals surface area contributed by atoms with Crippen molar-refractivity contribution in [3.05, 3.63) is 52.1 Å². The van der Waals surface area contributed by atoms with Gasteiger partial charge in [0.1, 0.15) is 17.2 Å². The molecule has 0 aliphatic rings. The van der Waals surface area contributed by atoms with Crippen LogP contribution in [-0.2, 0) is 4.79 Å². The molecule has 28 heavy (non-hydrogen) atoms. The van der Waals surface area contributed by atoms with Gasteiger partial charge in [0.2, 0.25) is 5.75 Å². The van der Waals surface area contributed by atoms with Crippen LogP contribution in [-0.4, -0.2) is 38.8 Å². The molecular formula is C19H22N2O7. The monoisotopic (exact) mass is 390 g/mol. The van der Waals surface area contributed by atoms with Crippen molar-refractivity contribution in [3.8, 4) is 23.0 Å². The van der Waals surface area contributed by atoms with Gasteiger partial charge in [0, 0.05) is 17.7 Å². The van der Waals surface area contributed by atoms with Crippen molar-refractivity contribution in [2.45, 2.75) is 13.0 Å². The summed E-state index contributed by atoms with van der Waals surface area (Å²) in [7, 11) is 4.42. The van der Waals surface area contributed by atoms with Crippen LogP contribution in [0.25, 0.3) is 0 Å². The predicted octanol–water partition coefficient (Wildman–Crippen LogP) is 2.88. The molecule has 1 unspecified atom stereocenters. The van der Waals surface area contributed by atoms with E-state index in [0.717, 1.165) is 5.56 Å². The number of rotatable bonds is 9. The first-order valence-electron chi connectivity index (χ1n) is 8.36. The molecule has 9 nitrogen and oxygen atoms in total. The van der Waals surface area contributed by atoms with Crippen LogP contribution < -0.4 is 24.3 Å². The molecule has 0 bridgehead atoms. The van der Waals surface area contributed by atoms with Crippen LogP contribution in [0.2, 0.25) is 0 Å². The largest absolute Gasteiger partial charge is 0.497 e. The number of nitro benzene ring substituents is 1. The van der Waals surface area contributed by atoms with Gasteiger partial charge in [-0.05, 0) is 31.2 Å². The Bertz CT molecular complexity index is 854. The summed E-state index contributed by atoms with van der Waals surface area (Å²) in [5.41, 5.74) is 0.574. The van der Waals surface area contributed by atoms with Crippen molar-refractivity contribution in [1.29, 1.82) is 0 Å². The topological polar surface area (TPSA) is 109 Å². The van der Waals surface area contributed by atoms with Gasteiger partial charge in [-0.2, -0.15) is 0 Å². The van der Waals surface area contributed by atoms with Crippen molar-refractivity contribution in [1.82, 2.24) is 5.32 Å². The van der Waals surface area contributed by atoms with Crippen LogP contribution in [0.5, 0.6) is 23.0 Å². The van der Waals surface area contributed by atoms with Crippen LogP contribution in [0.4, 0.5) is 5.69 Å². The number of hydrogen-bond donors (Lipinski definition) is 1. The summed E-state index contributed by atoms with van der Waals surface area (Å²) in [6.45, 7) is 1.54. The second-order valence-corrected chi connectivity index (χ2v) is 5.78. The van der Waals surface area contributed by atoms with Gasteiger partial charge in [0.25, 0.3) is 5.91 Å². The Labute approximate surface area is 162 Å². The highest BCUT2D eigenvalue weighted by molar-refractivity contribution is 5.78. The summed E-state index contributed by atoms with van der Waals surface area (Å²) in [5, 5.41) is 13.7. The minimum Gasteiger partial charge on any atom is -0.497 e. The number of nitro groups is 1. The highest BCUT2D eigenvalue weighted by atomic mass is 16.6. The zero-order valence-corrected chi connectivity index (χ0v) is 16.1. The van der Waals surface area contributed by atoms with E-state index in [9.17, 15) is 14.9 Å². The lowest BCUT2D eigenvalue weighted by Gasteiger charge is -2.18. The molecule has 0 saturated heterocycles. The van der Waals surface area contributed by atoms with E-state index in [4.69, 9.17) is 18.9 Å². The van der Waals surface area contributed by atoms with Crippen molar-refractivity contribution >= 4 is 11.6 Å². The quantitative estimate of drug-likeness (QED) is 0.518. The summed E-state index contributed by atoms with van der Waals surface area (Å²) in [6, 6.07) is 8.98. The molecule has 0 fully saturated rings. The van der Waals surface area contributed by atoms with Gasteiger partial charge >= 0.3 is 5.69 Å². The minimum absolute atomic E-state index is 0.0531. The molecule has 0 saturated carbocycles. The zero-order chi connectivity index (χ0) is 20.7. The first kappa shape index (κ1) is 20.8. The van der Waals surface area contributed by atoms with E-state index in [1.165, 1.54) is 25.3 Å². The number of nitrogens with one attached hydrogen (secondary N) is 1. The Balaban J connectivity index is 2.02. The fraction of sp³-hybridized carbons (Fsp3) is 0.316. The van der Waals surface area contributed by atoms with Gasteiger partial charge in [-0.25, -0.2) is 0 Å². The van der Waals surface area contributed by atoms with Crippen molar-refractivity contribution < 1.29 is 28.7 Å². The summed E-state index contributed by atoms with van der Waals surface area (Å²) < 4.78 is 20.9. The van der Waals surface area contributed by atoms with Gasteiger partial charge in [-0.1, -0.05) is 0 Å². The summed E-state index contributed by atoms with van der Waals surface area (Å²) >= 11 is 0. The molecular weight excluding hydrogens is 368 g/mol. The first-order valence-corrected chi connectivity index (χ1v) is 8.36. The van der Waals surface area contributed by atoms with Crippen LogP contribution in [0.15, 0.2) is 36.4 Å². The number of hydrogen-bond acceptors (Lipinski definition) is 7. The average Bonchev–Trinajstić information content (AvgIpc) is 2.71. The van der Waals surface area contributed by atoms with Crippen LogP contribution in [0.3, 0.4) is 0 Å². The molecule has 0 aliphatic carbocycles.